The minimum Gasteiger partial charge on any atom is -0.493 e. The average Bonchev–Trinajstić information content (AvgIpc) is 3.08. The standard InChI is InChI=1S/C21H21ClN2O3S/c1-13-19(28-21(24-13)14-4-7-16(22)8-5-14)10-11-23-20(25)15-6-9-17(26-2)18(12-15)27-3/h4-9,12H,10-11H2,1-3H3,(H,23,25). The van der Waals surface area contributed by atoms with Crippen LogP contribution in [-0.4, -0.2) is 31.7 Å². The van der Waals surface area contributed by atoms with Gasteiger partial charge in [0.15, 0.2) is 11.5 Å². The molecular weight excluding hydrogens is 396 g/mol. The molecule has 0 fully saturated rings. The van der Waals surface area contributed by atoms with Gasteiger partial charge in [-0.2, -0.15) is 0 Å². The molecule has 0 radical (unpaired) electrons. The summed E-state index contributed by atoms with van der Waals surface area (Å²) in [6.07, 6.45) is 0.718. The maximum atomic E-state index is 12.4. The number of carbonyl (C=O) groups excluding carboxylic acids is 1. The average molecular weight is 417 g/mol. The quantitative estimate of drug-likeness (QED) is 0.603. The van der Waals surface area contributed by atoms with E-state index in [1.807, 2.05) is 31.2 Å². The Bertz CT molecular complexity index is 970. The van der Waals surface area contributed by atoms with Crippen molar-refractivity contribution >= 4 is 28.8 Å². The third-order valence-corrected chi connectivity index (χ3v) is 5.79. The van der Waals surface area contributed by atoms with Gasteiger partial charge in [-0.05, 0) is 37.3 Å². The Labute approximate surface area is 173 Å². The third kappa shape index (κ3) is 4.64. The van der Waals surface area contributed by atoms with E-state index in [1.54, 1.807) is 43.8 Å². The van der Waals surface area contributed by atoms with Crippen LogP contribution in [0.15, 0.2) is 42.5 Å². The Morgan fingerprint density at radius 1 is 1.11 bits per heavy atom. The van der Waals surface area contributed by atoms with E-state index in [0.29, 0.717) is 28.6 Å². The number of hydrogen-bond acceptors (Lipinski definition) is 5. The van der Waals surface area contributed by atoms with E-state index < -0.39 is 0 Å². The summed E-state index contributed by atoms with van der Waals surface area (Å²) in [4.78, 5) is 18.2. The number of benzene rings is 2. The smallest absolute Gasteiger partial charge is 0.251 e. The minimum absolute atomic E-state index is 0.152. The van der Waals surface area contributed by atoms with E-state index in [1.165, 1.54) is 0 Å². The lowest BCUT2D eigenvalue weighted by Crippen LogP contribution is -2.25. The van der Waals surface area contributed by atoms with Gasteiger partial charge in [-0.1, -0.05) is 23.7 Å². The van der Waals surface area contributed by atoms with Crippen LogP contribution in [0.5, 0.6) is 11.5 Å². The first-order valence-corrected chi connectivity index (χ1v) is 9.93. The van der Waals surface area contributed by atoms with Gasteiger partial charge in [-0.25, -0.2) is 4.98 Å². The lowest BCUT2D eigenvalue weighted by molar-refractivity contribution is 0.0953. The highest BCUT2D eigenvalue weighted by Crippen LogP contribution is 2.29. The van der Waals surface area contributed by atoms with Gasteiger partial charge in [0.25, 0.3) is 5.91 Å². The van der Waals surface area contributed by atoms with Crippen LogP contribution in [0.2, 0.25) is 5.02 Å². The van der Waals surface area contributed by atoms with Gasteiger partial charge in [-0.3, -0.25) is 4.79 Å². The Balaban J connectivity index is 1.62. The van der Waals surface area contributed by atoms with E-state index in [0.717, 1.165) is 27.6 Å². The van der Waals surface area contributed by atoms with Gasteiger partial charge in [0, 0.05) is 34.0 Å². The van der Waals surface area contributed by atoms with E-state index >= 15 is 0 Å². The number of thiazole rings is 1. The first kappa shape index (κ1) is 20.2. The van der Waals surface area contributed by atoms with Crippen molar-refractivity contribution in [3.8, 4) is 22.1 Å². The molecule has 1 N–H and O–H groups in total. The zero-order valence-electron chi connectivity index (χ0n) is 15.9. The van der Waals surface area contributed by atoms with Crippen molar-refractivity contribution in [2.45, 2.75) is 13.3 Å². The van der Waals surface area contributed by atoms with Crippen molar-refractivity contribution in [1.82, 2.24) is 10.3 Å². The fourth-order valence-corrected chi connectivity index (χ4v) is 3.94. The first-order chi connectivity index (χ1) is 13.5. The second kappa shape index (κ2) is 9.08. The van der Waals surface area contributed by atoms with Crippen LogP contribution in [0.3, 0.4) is 0 Å². The summed E-state index contributed by atoms with van der Waals surface area (Å²) in [5.74, 6) is 0.969. The van der Waals surface area contributed by atoms with Crippen LogP contribution >= 0.6 is 22.9 Å². The molecule has 1 amide bonds. The highest BCUT2D eigenvalue weighted by Gasteiger charge is 2.12. The van der Waals surface area contributed by atoms with E-state index in [9.17, 15) is 4.79 Å². The molecule has 3 aromatic rings. The van der Waals surface area contributed by atoms with Gasteiger partial charge in [0.2, 0.25) is 0 Å². The molecule has 5 nitrogen and oxygen atoms in total. The fourth-order valence-electron chi connectivity index (χ4n) is 2.74. The molecule has 28 heavy (non-hydrogen) atoms. The Morgan fingerprint density at radius 2 is 1.82 bits per heavy atom. The molecular formula is C21H21ClN2O3S. The summed E-state index contributed by atoms with van der Waals surface area (Å²) in [5, 5.41) is 4.60. The van der Waals surface area contributed by atoms with Gasteiger partial charge < -0.3 is 14.8 Å². The Hall–Kier alpha value is -2.57. The van der Waals surface area contributed by atoms with Crippen LogP contribution < -0.4 is 14.8 Å². The number of methoxy groups -OCH3 is 2. The number of rotatable bonds is 7. The zero-order chi connectivity index (χ0) is 20.1. The van der Waals surface area contributed by atoms with Crippen LogP contribution in [0, 0.1) is 6.92 Å². The van der Waals surface area contributed by atoms with Gasteiger partial charge in [-0.15, -0.1) is 11.3 Å². The molecule has 1 heterocycles. The highest BCUT2D eigenvalue weighted by atomic mass is 35.5. The molecule has 0 saturated heterocycles. The maximum absolute atomic E-state index is 12.4. The third-order valence-electron chi connectivity index (χ3n) is 4.27. The Kier molecular flexibility index (Phi) is 6.54. The summed E-state index contributed by atoms with van der Waals surface area (Å²) in [6, 6.07) is 12.7. The normalized spacial score (nSPS) is 10.6. The van der Waals surface area contributed by atoms with Crippen LogP contribution in [0.25, 0.3) is 10.6 Å². The number of halogens is 1. The lowest BCUT2D eigenvalue weighted by Gasteiger charge is -2.10. The molecule has 146 valence electrons. The number of nitrogens with one attached hydrogen (secondary N) is 1. The summed E-state index contributed by atoms with van der Waals surface area (Å²) in [6.45, 7) is 2.51. The van der Waals surface area contributed by atoms with E-state index in [4.69, 9.17) is 21.1 Å². The molecule has 0 unspecified atom stereocenters. The molecule has 0 bridgehead atoms. The highest BCUT2D eigenvalue weighted by molar-refractivity contribution is 7.15. The zero-order valence-corrected chi connectivity index (χ0v) is 17.5. The number of nitrogens with zero attached hydrogens (tertiary/aromatic N) is 1. The van der Waals surface area contributed by atoms with Crippen molar-refractivity contribution in [3.63, 3.8) is 0 Å². The minimum atomic E-state index is -0.152. The van der Waals surface area contributed by atoms with Crippen molar-refractivity contribution < 1.29 is 14.3 Å². The second-order valence-corrected chi connectivity index (χ2v) is 7.63. The first-order valence-electron chi connectivity index (χ1n) is 8.74. The molecule has 3 rings (SSSR count). The molecule has 0 aliphatic carbocycles. The molecule has 1 aromatic heterocycles. The SMILES string of the molecule is COc1ccc(C(=O)NCCc2sc(-c3ccc(Cl)cc3)nc2C)cc1OC. The van der Waals surface area contributed by atoms with Crippen molar-refractivity contribution in [2.24, 2.45) is 0 Å². The molecule has 0 atom stereocenters. The van der Waals surface area contributed by atoms with Crippen LogP contribution in [-0.2, 0) is 6.42 Å². The summed E-state index contributed by atoms with van der Waals surface area (Å²) >= 11 is 7.58. The fraction of sp³-hybridized carbons (Fsp3) is 0.238. The predicted molar refractivity (Wildman–Crippen MR) is 113 cm³/mol. The summed E-state index contributed by atoms with van der Waals surface area (Å²) in [7, 11) is 3.11. The molecule has 0 aliphatic heterocycles. The van der Waals surface area contributed by atoms with E-state index in [-0.39, 0.29) is 5.91 Å². The predicted octanol–water partition coefficient (Wildman–Crippen LogP) is 4.76. The van der Waals surface area contributed by atoms with Crippen molar-refractivity contribution in [3.05, 3.63) is 63.6 Å². The van der Waals surface area contributed by atoms with Crippen molar-refractivity contribution in [1.29, 1.82) is 0 Å². The lowest BCUT2D eigenvalue weighted by atomic mass is 10.2. The number of hydrogen-bond donors (Lipinski definition) is 1. The van der Waals surface area contributed by atoms with Crippen LogP contribution in [0.4, 0.5) is 0 Å². The molecule has 0 saturated carbocycles. The number of ether oxygens (including phenoxy) is 2. The number of aromatic nitrogens is 1. The van der Waals surface area contributed by atoms with Gasteiger partial charge in [0.1, 0.15) is 5.01 Å². The van der Waals surface area contributed by atoms with Crippen molar-refractivity contribution in [2.75, 3.05) is 20.8 Å². The number of amides is 1. The second-order valence-electron chi connectivity index (χ2n) is 6.11. The molecule has 2 aromatic carbocycles. The number of carbonyl (C=O) groups is 1. The van der Waals surface area contributed by atoms with E-state index in [2.05, 4.69) is 10.3 Å². The molecule has 7 heteroatoms. The molecule has 0 spiro atoms. The molecule has 0 aliphatic rings. The van der Waals surface area contributed by atoms with Gasteiger partial charge in [0.05, 0.1) is 19.9 Å². The summed E-state index contributed by atoms with van der Waals surface area (Å²) < 4.78 is 10.4. The summed E-state index contributed by atoms with van der Waals surface area (Å²) in [5.41, 5.74) is 2.55. The largest absolute Gasteiger partial charge is 0.493 e. The van der Waals surface area contributed by atoms with Gasteiger partial charge >= 0.3 is 0 Å². The van der Waals surface area contributed by atoms with Crippen LogP contribution in [0.1, 0.15) is 20.9 Å². The topological polar surface area (TPSA) is 60.5 Å². The number of aryl methyl sites for hydroxylation is 1. The Morgan fingerprint density at radius 3 is 2.50 bits per heavy atom. The maximum Gasteiger partial charge on any atom is 0.251 e. The monoisotopic (exact) mass is 416 g/mol.